The van der Waals surface area contributed by atoms with E-state index in [4.69, 9.17) is 9.84 Å². The van der Waals surface area contributed by atoms with E-state index in [1.54, 1.807) is 37.3 Å². The number of carboxylic acids is 1. The van der Waals surface area contributed by atoms with Crippen LogP contribution in [-0.4, -0.2) is 48.5 Å². The van der Waals surface area contributed by atoms with Gasteiger partial charge in [0.05, 0.1) is 13.7 Å². The van der Waals surface area contributed by atoms with Crippen molar-refractivity contribution in [2.45, 2.75) is 6.92 Å². The van der Waals surface area contributed by atoms with Crippen LogP contribution in [0.15, 0.2) is 30.3 Å². The number of likely N-dealkylation sites (N-methyl/N-ethyl adjacent to an activating group) is 1. The van der Waals surface area contributed by atoms with Gasteiger partial charge < -0.3 is 19.8 Å². The van der Waals surface area contributed by atoms with Crippen molar-refractivity contribution in [3.05, 3.63) is 41.6 Å². The second kappa shape index (κ2) is 7.11. The van der Waals surface area contributed by atoms with Crippen LogP contribution in [0.2, 0.25) is 0 Å². The summed E-state index contributed by atoms with van der Waals surface area (Å²) in [4.78, 5) is 17.8. The summed E-state index contributed by atoms with van der Waals surface area (Å²) in [6, 6.07) is 8.95. The maximum Gasteiger partial charge on any atom is 0.340 e. The summed E-state index contributed by atoms with van der Waals surface area (Å²) in [6.07, 6.45) is 0. The molecule has 0 bridgehead atoms. The van der Waals surface area contributed by atoms with Crippen molar-refractivity contribution in [1.82, 2.24) is 4.98 Å². The fraction of sp³-hybridized carbons (Fsp3) is 0.294. The van der Waals surface area contributed by atoms with Crippen LogP contribution in [0.5, 0.6) is 5.75 Å². The molecule has 0 unspecified atom stereocenters. The van der Waals surface area contributed by atoms with Crippen LogP contribution in [0.25, 0.3) is 11.1 Å². The van der Waals surface area contributed by atoms with E-state index in [2.05, 4.69) is 4.98 Å². The van der Waals surface area contributed by atoms with Crippen molar-refractivity contribution in [2.24, 2.45) is 0 Å². The fourth-order valence-corrected chi connectivity index (χ4v) is 2.40. The van der Waals surface area contributed by atoms with Gasteiger partial charge in [0.1, 0.15) is 17.1 Å². The number of pyridine rings is 1. The van der Waals surface area contributed by atoms with Crippen LogP contribution in [0.1, 0.15) is 16.1 Å². The Hall–Kier alpha value is -2.60. The normalized spacial score (nSPS) is 10.4. The van der Waals surface area contributed by atoms with Gasteiger partial charge in [0.25, 0.3) is 0 Å². The van der Waals surface area contributed by atoms with E-state index in [9.17, 15) is 9.90 Å². The lowest BCUT2D eigenvalue weighted by Gasteiger charge is -2.21. The maximum absolute atomic E-state index is 11.8. The zero-order valence-corrected chi connectivity index (χ0v) is 13.4. The first-order chi connectivity index (χ1) is 11.0. The van der Waals surface area contributed by atoms with Crippen LogP contribution in [-0.2, 0) is 0 Å². The minimum Gasteiger partial charge on any atom is -0.497 e. The van der Waals surface area contributed by atoms with E-state index >= 15 is 0 Å². The number of carboxylic acid groups (broad SMARTS) is 1. The van der Waals surface area contributed by atoms with E-state index in [1.165, 1.54) is 0 Å². The van der Waals surface area contributed by atoms with Crippen LogP contribution in [0.4, 0.5) is 5.82 Å². The van der Waals surface area contributed by atoms with Crippen molar-refractivity contribution in [3.63, 3.8) is 0 Å². The van der Waals surface area contributed by atoms with Gasteiger partial charge in [-0.3, -0.25) is 0 Å². The van der Waals surface area contributed by atoms with Crippen LogP contribution < -0.4 is 9.64 Å². The topological polar surface area (TPSA) is 82.9 Å². The molecule has 1 aromatic carbocycles. The van der Waals surface area contributed by atoms with E-state index in [-0.39, 0.29) is 12.2 Å². The largest absolute Gasteiger partial charge is 0.497 e. The molecular weight excluding hydrogens is 296 g/mol. The monoisotopic (exact) mass is 316 g/mol. The number of hydrogen-bond acceptors (Lipinski definition) is 5. The maximum atomic E-state index is 11.8. The molecule has 0 aliphatic heterocycles. The third kappa shape index (κ3) is 3.60. The molecule has 1 aromatic heterocycles. The highest BCUT2D eigenvalue weighted by molar-refractivity contribution is 6.01. The third-order valence-electron chi connectivity index (χ3n) is 3.54. The zero-order valence-electron chi connectivity index (χ0n) is 13.4. The number of aromatic carboxylic acids is 1. The highest BCUT2D eigenvalue weighted by Crippen LogP contribution is 2.31. The molecule has 0 radical (unpaired) electrons. The summed E-state index contributed by atoms with van der Waals surface area (Å²) in [5.41, 5.74) is 2.19. The summed E-state index contributed by atoms with van der Waals surface area (Å²) in [5, 5.41) is 18.8. The lowest BCUT2D eigenvalue weighted by atomic mass is 9.99. The standard InChI is InChI=1S/C17H20N2O4/c1-11-10-14(12-4-6-13(23-3)7-5-12)15(17(21)22)16(18-11)19(2)8-9-20/h4-7,10,20H,8-9H2,1-3H3,(H,21,22). The number of nitrogens with zero attached hydrogens (tertiary/aromatic N) is 2. The predicted molar refractivity (Wildman–Crippen MR) is 88.3 cm³/mol. The quantitative estimate of drug-likeness (QED) is 0.850. The van der Waals surface area contributed by atoms with E-state index in [1.807, 2.05) is 19.1 Å². The average Bonchev–Trinajstić information content (AvgIpc) is 2.54. The lowest BCUT2D eigenvalue weighted by molar-refractivity contribution is 0.0698. The number of aryl methyl sites for hydroxylation is 1. The Bertz CT molecular complexity index is 698. The molecule has 0 amide bonds. The highest BCUT2D eigenvalue weighted by Gasteiger charge is 2.21. The Kier molecular flexibility index (Phi) is 5.18. The van der Waals surface area contributed by atoms with Crippen LogP contribution in [0.3, 0.4) is 0 Å². The van der Waals surface area contributed by atoms with Crippen molar-refractivity contribution in [3.8, 4) is 16.9 Å². The van der Waals surface area contributed by atoms with Gasteiger partial charge in [0, 0.05) is 24.8 Å². The predicted octanol–water partition coefficient (Wildman–Crippen LogP) is 2.19. The molecule has 0 aliphatic carbocycles. The van der Waals surface area contributed by atoms with Gasteiger partial charge in [-0.2, -0.15) is 0 Å². The summed E-state index contributed by atoms with van der Waals surface area (Å²) in [7, 11) is 3.29. The second-order valence-electron chi connectivity index (χ2n) is 5.19. The van der Waals surface area contributed by atoms with Crippen molar-refractivity contribution in [1.29, 1.82) is 0 Å². The van der Waals surface area contributed by atoms with Crippen molar-refractivity contribution >= 4 is 11.8 Å². The molecule has 6 nitrogen and oxygen atoms in total. The number of benzene rings is 1. The fourth-order valence-electron chi connectivity index (χ4n) is 2.40. The third-order valence-corrected chi connectivity index (χ3v) is 3.54. The highest BCUT2D eigenvalue weighted by atomic mass is 16.5. The molecule has 2 rings (SSSR count). The molecule has 0 aliphatic rings. The van der Waals surface area contributed by atoms with E-state index < -0.39 is 5.97 Å². The molecule has 122 valence electrons. The lowest BCUT2D eigenvalue weighted by Crippen LogP contribution is -2.25. The smallest absolute Gasteiger partial charge is 0.340 e. The molecule has 0 fully saturated rings. The van der Waals surface area contributed by atoms with Gasteiger partial charge >= 0.3 is 5.97 Å². The minimum atomic E-state index is -1.05. The van der Waals surface area contributed by atoms with E-state index in [0.717, 1.165) is 5.56 Å². The number of rotatable bonds is 6. The number of ether oxygens (including phenoxy) is 1. The molecule has 0 saturated heterocycles. The van der Waals surface area contributed by atoms with E-state index in [0.29, 0.717) is 29.4 Å². The van der Waals surface area contributed by atoms with Crippen molar-refractivity contribution < 1.29 is 19.7 Å². The van der Waals surface area contributed by atoms with Crippen molar-refractivity contribution in [2.75, 3.05) is 32.2 Å². The average molecular weight is 316 g/mol. The Morgan fingerprint density at radius 3 is 2.48 bits per heavy atom. The number of aliphatic hydroxyl groups excluding tert-OH is 1. The molecule has 6 heteroatoms. The SMILES string of the molecule is COc1ccc(-c2cc(C)nc(N(C)CCO)c2C(=O)O)cc1. The molecule has 23 heavy (non-hydrogen) atoms. The number of hydrogen-bond donors (Lipinski definition) is 2. The first-order valence-corrected chi connectivity index (χ1v) is 7.19. The van der Waals surface area contributed by atoms with Crippen LogP contribution in [0, 0.1) is 6.92 Å². The molecule has 0 spiro atoms. The Balaban J connectivity index is 2.63. The van der Waals surface area contributed by atoms with Gasteiger partial charge in [0.2, 0.25) is 0 Å². The van der Waals surface area contributed by atoms with Gasteiger partial charge in [0.15, 0.2) is 0 Å². The minimum absolute atomic E-state index is 0.0803. The number of methoxy groups -OCH3 is 1. The molecule has 0 atom stereocenters. The zero-order chi connectivity index (χ0) is 17.0. The molecular formula is C17H20N2O4. The number of carbonyl (C=O) groups is 1. The molecule has 0 saturated carbocycles. The first-order valence-electron chi connectivity index (χ1n) is 7.19. The summed E-state index contributed by atoms with van der Waals surface area (Å²) >= 11 is 0. The Morgan fingerprint density at radius 1 is 1.30 bits per heavy atom. The summed E-state index contributed by atoms with van der Waals surface area (Å²) in [6.45, 7) is 2.04. The molecule has 2 aromatic rings. The van der Waals surface area contributed by atoms with Crippen LogP contribution >= 0.6 is 0 Å². The number of aromatic nitrogens is 1. The first kappa shape index (κ1) is 16.8. The van der Waals surface area contributed by atoms with Gasteiger partial charge in [-0.25, -0.2) is 9.78 Å². The molecule has 1 heterocycles. The van der Waals surface area contributed by atoms with Gasteiger partial charge in [-0.1, -0.05) is 12.1 Å². The number of aliphatic hydroxyl groups is 1. The Morgan fingerprint density at radius 2 is 1.96 bits per heavy atom. The molecule has 2 N–H and O–H groups in total. The summed E-state index contributed by atoms with van der Waals surface area (Å²) in [5.74, 6) is -0.00509. The number of anilines is 1. The van der Waals surface area contributed by atoms with Gasteiger partial charge in [-0.05, 0) is 30.7 Å². The van der Waals surface area contributed by atoms with Gasteiger partial charge in [-0.15, -0.1) is 0 Å². The Labute approximate surface area is 135 Å². The summed E-state index contributed by atoms with van der Waals surface area (Å²) < 4.78 is 5.14. The second-order valence-corrected chi connectivity index (χ2v) is 5.19.